The van der Waals surface area contributed by atoms with Gasteiger partial charge in [-0.15, -0.1) is 0 Å². The first-order valence-electron chi connectivity index (χ1n) is 5.11. The summed E-state index contributed by atoms with van der Waals surface area (Å²) in [5.41, 5.74) is 0.478. The number of hydrogen-bond donors (Lipinski definition) is 1. The minimum Gasteiger partial charge on any atom is -0.385 e. The molecule has 0 aromatic heterocycles. The van der Waals surface area contributed by atoms with Crippen molar-refractivity contribution >= 4 is 15.9 Å². The predicted octanol–water partition coefficient (Wildman–Crippen LogP) is 3.46. The lowest BCUT2D eigenvalue weighted by molar-refractivity contribution is 0.00448. The molecule has 1 fully saturated rings. The van der Waals surface area contributed by atoms with Crippen molar-refractivity contribution in [3.8, 4) is 0 Å². The van der Waals surface area contributed by atoms with E-state index in [9.17, 15) is 5.11 Å². The molecule has 1 N–H and O–H groups in total. The van der Waals surface area contributed by atoms with Crippen molar-refractivity contribution < 1.29 is 5.11 Å². The van der Waals surface area contributed by atoms with Crippen LogP contribution >= 0.6 is 15.9 Å². The van der Waals surface area contributed by atoms with E-state index in [1.54, 1.807) is 0 Å². The highest BCUT2D eigenvalue weighted by molar-refractivity contribution is 9.10. The first-order valence-corrected chi connectivity index (χ1v) is 5.90. The van der Waals surface area contributed by atoms with Crippen LogP contribution in [0.3, 0.4) is 0 Å². The van der Waals surface area contributed by atoms with Crippen LogP contribution in [0.4, 0.5) is 0 Å². The van der Waals surface area contributed by atoms with E-state index in [-0.39, 0.29) is 0 Å². The van der Waals surface area contributed by atoms with Gasteiger partial charge in [0.05, 0.1) is 5.60 Å². The van der Waals surface area contributed by atoms with E-state index in [2.05, 4.69) is 22.9 Å². The molecule has 1 saturated carbocycles. The average molecular weight is 255 g/mol. The standard InChI is InChI=1S/C12H15BrO/c1-9-3-2-8-12(9,14)10-4-6-11(13)7-5-10/h4-7,9,14H,2-3,8H2,1H3/t9-,12-/m0/s1. The fourth-order valence-electron chi connectivity index (χ4n) is 2.33. The van der Waals surface area contributed by atoms with Gasteiger partial charge in [0.1, 0.15) is 0 Å². The van der Waals surface area contributed by atoms with Crippen LogP contribution < -0.4 is 0 Å². The quantitative estimate of drug-likeness (QED) is 0.814. The Labute approximate surface area is 93.3 Å². The Morgan fingerprint density at radius 2 is 2.00 bits per heavy atom. The molecule has 0 aliphatic heterocycles. The molecule has 76 valence electrons. The van der Waals surface area contributed by atoms with Gasteiger partial charge in [0.25, 0.3) is 0 Å². The summed E-state index contributed by atoms with van der Waals surface area (Å²) in [6, 6.07) is 8.04. The van der Waals surface area contributed by atoms with E-state index in [0.29, 0.717) is 5.92 Å². The molecule has 0 spiro atoms. The van der Waals surface area contributed by atoms with Crippen molar-refractivity contribution in [2.45, 2.75) is 31.8 Å². The molecule has 0 radical (unpaired) electrons. The molecule has 1 aromatic carbocycles. The van der Waals surface area contributed by atoms with Gasteiger partial charge in [0.15, 0.2) is 0 Å². The topological polar surface area (TPSA) is 20.2 Å². The number of hydrogen-bond acceptors (Lipinski definition) is 1. The molecule has 0 unspecified atom stereocenters. The van der Waals surface area contributed by atoms with Gasteiger partial charge < -0.3 is 5.11 Å². The van der Waals surface area contributed by atoms with Crippen molar-refractivity contribution in [2.75, 3.05) is 0 Å². The predicted molar refractivity (Wildman–Crippen MR) is 61.1 cm³/mol. The second-order valence-electron chi connectivity index (χ2n) is 4.22. The Balaban J connectivity index is 2.34. The lowest BCUT2D eigenvalue weighted by Crippen LogP contribution is -2.28. The van der Waals surface area contributed by atoms with Crippen molar-refractivity contribution in [3.05, 3.63) is 34.3 Å². The van der Waals surface area contributed by atoms with Crippen LogP contribution in [0.2, 0.25) is 0 Å². The zero-order valence-electron chi connectivity index (χ0n) is 8.33. The number of aliphatic hydroxyl groups is 1. The molecule has 1 nitrogen and oxygen atoms in total. The van der Waals surface area contributed by atoms with Gasteiger partial charge in [-0.25, -0.2) is 0 Å². The molecule has 0 saturated heterocycles. The second kappa shape index (κ2) is 3.67. The van der Waals surface area contributed by atoms with Gasteiger partial charge in [-0.05, 0) is 42.9 Å². The molecule has 0 amide bonds. The first kappa shape index (κ1) is 10.2. The maximum Gasteiger partial charge on any atom is 0.0921 e. The highest BCUT2D eigenvalue weighted by Gasteiger charge is 2.39. The summed E-state index contributed by atoms with van der Waals surface area (Å²) in [5.74, 6) is 0.378. The summed E-state index contributed by atoms with van der Waals surface area (Å²) in [4.78, 5) is 0. The fourth-order valence-corrected chi connectivity index (χ4v) is 2.59. The Kier molecular flexibility index (Phi) is 2.67. The lowest BCUT2D eigenvalue weighted by Gasteiger charge is -2.28. The number of rotatable bonds is 1. The highest BCUT2D eigenvalue weighted by atomic mass is 79.9. The highest BCUT2D eigenvalue weighted by Crippen LogP contribution is 2.43. The summed E-state index contributed by atoms with van der Waals surface area (Å²) < 4.78 is 1.07. The lowest BCUT2D eigenvalue weighted by atomic mass is 9.85. The normalized spacial score (nSPS) is 32.1. The van der Waals surface area contributed by atoms with E-state index in [0.717, 1.165) is 29.3 Å². The van der Waals surface area contributed by atoms with Crippen LogP contribution in [0.25, 0.3) is 0 Å². The maximum atomic E-state index is 10.5. The maximum absolute atomic E-state index is 10.5. The van der Waals surface area contributed by atoms with Gasteiger partial charge in [0.2, 0.25) is 0 Å². The van der Waals surface area contributed by atoms with Crippen molar-refractivity contribution in [1.82, 2.24) is 0 Å². The molecule has 14 heavy (non-hydrogen) atoms. The monoisotopic (exact) mass is 254 g/mol. The fraction of sp³-hybridized carbons (Fsp3) is 0.500. The van der Waals surface area contributed by atoms with Crippen LogP contribution in [-0.4, -0.2) is 5.11 Å². The minimum atomic E-state index is -0.583. The molecular weight excluding hydrogens is 240 g/mol. The van der Waals surface area contributed by atoms with E-state index >= 15 is 0 Å². The van der Waals surface area contributed by atoms with Gasteiger partial charge in [-0.1, -0.05) is 35.0 Å². The second-order valence-corrected chi connectivity index (χ2v) is 5.14. The van der Waals surface area contributed by atoms with Gasteiger partial charge in [-0.2, -0.15) is 0 Å². The number of halogens is 1. The van der Waals surface area contributed by atoms with Gasteiger partial charge in [0, 0.05) is 4.47 Å². The molecule has 0 heterocycles. The minimum absolute atomic E-state index is 0.378. The van der Waals surface area contributed by atoms with Crippen molar-refractivity contribution in [1.29, 1.82) is 0 Å². The van der Waals surface area contributed by atoms with Crippen LogP contribution in [-0.2, 0) is 5.60 Å². The van der Waals surface area contributed by atoms with Crippen LogP contribution in [0.1, 0.15) is 31.7 Å². The third kappa shape index (κ3) is 1.61. The summed E-state index contributed by atoms with van der Waals surface area (Å²) in [6.07, 6.45) is 3.16. The van der Waals surface area contributed by atoms with Crippen molar-refractivity contribution in [2.24, 2.45) is 5.92 Å². The molecule has 0 bridgehead atoms. The zero-order valence-corrected chi connectivity index (χ0v) is 9.92. The average Bonchev–Trinajstić information content (AvgIpc) is 2.49. The largest absolute Gasteiger partial charge is 0.385 e. The number of benzene rings is 1. The Hall–Kier alpha value is -0.340. The van der Waals surface area contributed by atoms with Crippen LogP contribution in [0.5, 0.6) is 0 Å². The van der Waals surface area contributed by atoms with Gasteiger partial charge >= 0.3 is 0 Å². The molecule has 1 aliphatic carbocycles. The molecule has 1 aliphatic rings. The summed E-state index contributed by atoms with van der Waals surface area (Å²) in [6.45, 7) is 2.13. The summed E-state index contributed by atoms with van der Waals surface area (Å²) >= 11 is 3.41. The van der Waals surface area contributed by atoms with Gasteiger partial charge in [-0.3, -0.25) is 0 Å². The first-order chi connectivity index (χ1) is 6.63. The molecule has 1 aromatic rings. The summed E-state index contributed by atoms with van der Waals surface area (Å²) in [7, 11) is 0. The molecular formula is C12H15BrO. The molecule has 2 atom stereocenters. The van der Waals surface area contributed by atoms with Crippen LogP contribution in [0.15, 0.2) is 28.7 Å². The zero-order chi connectivity index (χ0) is 10.2. The SMILES string of the molecule is C[C@H]1CCC[C@@]1(O)c1ccc(Br)cc1. The third-order valence-corrected chi connectivity index (χ3v) is 3.88. The van der Waals surface area contributed by atoms with E-state index in [1.807, 2.05) is 24.3 Å². The Bertz CT molecular complexity index is 320. The van der Waals surface area contributed by atoms with E-state index in [1.165, 1.54) is 0 Å². The Morgan fingerprint density at radius 3 is 2.50 bits per heavy atom. The molecule has 2 rings (SSSR count). The van der Waals surface area contributed by atoms with Crippen LogP contribution in [0, 0.1) is 5.92 Å². The summed E-state index contributed by atoms with van der Waals surface area (Å²) in [5, 5.41) is 10.5. The molecule has 2 heteroatoms. The smallest absolute Gasteiger partial charge is 0.0921 e. The van der Waals surface area contributed by atoms with E-state index < -0.39 is 5.60 Å². The van der Waals surface area contributed by atoms with Crippen molar-refractivity contribution in [3.63, 3.8) is 0 Å². The van der Waals surface area contributed by atoms with E-state index in [4.69, 9.17) is 0 Å². The Morgan fingerprint density at radius 1 is 1.36 bits per heavy atom. The third-order valence-electron chi connectivity index (χ3n) is 3.35.